The highest BCUT2D eigenvalue weighted by Gasteiger charge is 2.35. The Morgan fingerprint density at radius 1 is 1.13 bits per heavy atom. The van der Waals surface area contributed by atoms with Crippen molar-refractivity contribution in [1.29, 1.82) is 0 Å². The van der Waals surface area contributed by atoms with Crippen LogP contribution in [0.1, 0.15) is 17.0 Å². The van der Waals surface area contributed by atoms with E-state index in [4.69, 9.17) is 11.6 Å². The highest BCUT2D eigenvalue weighted by Crippen LogP contribution is 2.34. The molecule has 0 radical (unpaired) electrons. The standard InChI is InChI=1S/C20H18ClF3N6O/c1-11-5-12(2)30(28-11)18-7-17(25-10-26-18)29-8-13(9-29)19(31)27-16-6-14(20(22,23)24)3-4-15(16)21/h3-7,10,13H,8-9H2,1-2H3,(H,27,31). The monoisotopic (exact) mass is 450 g/mol. The van der Waals surface area contributed by atoms with E-state index in [9.17, 15) is 18.0 Å². The van der Waals surface area contributed by atoms with Gasteiger partial charge in [0.15, 0.2) is 5.82 Å². The van der Waals surface area contributed by atoms with Gasteiger partial charge in [-0.25, -0.2) is 14.6 Å². The van der Waals surface area contributed by atoms with Gasteiger partial charge in [0, 0.05) is 24.8 Å². The quantitative estimate of drug-likeness (QED) is 0.649. The lowest BCUT2D eigenvalue weighted by Gasteiger charge is -2.39. The Kier molecular flexibility index (Phi) is 5.34. The Morgan fingerprint density at radius 2 is 1.84 bits per heavy atom. The van der Waals surface area contributed by atoms with Crippen LogP contribution in [0.25, 0.3) is 5.82 Å². The summed E-state index contributed by atoms with van der Waals surface area (Å²) in [7, 11) is 0. The van der Waals surface area contributed by atoms with Crippen LogP contribution in [0, 0.1) is 19.8 Å². The number of aryl methyl sites for hydroxylation is 2. The molecule has 1 fully saturated rings. The first-order chi connectivity index (χ1) is 14.6. The molecule has 1 aliphatic rings. The number of carbonyl (C=O) groups excluding carboxylic acids is 1. The second-order valence-electron chi connectivity index (χ2n) is 7.36. The number of aromatic nitrogens is 4. The van der Waals surface area contributed by atoms with E-state index in [-0.39, 0.29) is 10.7 Å². The van der Waals surface area contributed by atoms with Crippen LogP contribution in [0.3, 0.4) is 0 Å². The smallest absolute Gasteiger partial charge is 0.355 e. The van der Waals surface area contributed by atoms with E-state index in [2.05, 4.69) is 20.4 Å². The van der Waals surface area contributed by atoms with Crippen molar-refractivity contribution in [2.75, 3.05) is 23.3 Å². The van der Waals surface area contributed by atoms with Crippen LogP contribution in [-0.4, -0.2) is 38.7 Å². The lowest BCUT2D eigenvalue weighted by molar-refractivity contribution is -0.137. The number of carbonyl (C=O) groups is 1. The minimum Gasteiger partial charge on any atom is -0.355 e. The van der Waals surface area contributed by atoms with Crippen molar-refractivity contribution < 1.29 is 18.0 Å². The lowest BCUT2D eigenvalue weighted by Crippen LogP contribution is -2.52. The van der Waals surface area contributed by atoms with Crippen LogP contribution >= 0.6 is 11.6 Å². The maximum Gasteiger partial charge on any atom is 0.416 e. The number of amides is 1. The van der Waals surface area contributed by atoms with Gasteiger partial charge in [0.2, 0.25) is 5.91 Å². The molecule has 0 unspecified atom stereocenters. The topological polar surface area (TPSA) is 75.9 Å². The van der Waals surface area contributed by atoms with Crippen molar-refractivity contribution in [2.45, 2.75) is 20.0 Å². The summed E-state index contributed by atoms with van der Waals surface area (Å²) in [6.07, 6.45) is -3.09. The van der Waals surface area contributed by atoms with Gasteiger partial charge in [-0.1, -0.05) is 11.6 Å². The van der Waals surface area contributed by atoms with Crippen molar-refractivity contribution in [3.8, 4) is 5.82 Å². The number of halogens is 4. The normalized spacial score (nSPS) is 14.5. The molecule has 2 aromatic heterocycles. The van der Waals surface area contributed by atoms with Gasteiger partial charge in [0.1, 0.15) is 12.1 Å². The highest BCUT2D eigenvalue weighted by molar-refractivity contribution is 6.33. The van der Waals surface area contributed by atoms with Gasteiger partial charge in [0.25, 0.3) is 0 Å². The van der Waals surface area contributed by atoms with Crippen LogP contribution in [0.2, 0.25) is 5.02 Å². The minimum atomic E-state index is -4.52. The van der Waals surface area contributed by atoms with Crippen LogP contribution in [0.5, 0.6) is 0 Å². The molecule has 0 bridgehead atoms. The number of hydrogen-bond acceptors (Lipinski definition) is 5. The predicted octanol–water partition coefficient (Wildman–Crippen LogP) is 4.03. The summed E-state index contributed by atoms with van der Waals surface area (Å²) in [5, 5.41) is 6.94. The van der Waals surface area contributed by atoms with E-state index < -0.39 is 23.6 Å². The van der Waals surface area contributed by atoms with Crippen molar-refractivity contribution in [2.24, 2.45) is 5.92 Å². The van der Waals surface area contributed by atoms with Crippen LogP contribution in [-0.2, 0) is 11.0 Å². The third-order valence-corrected chi connectivity index (χ3v) is 5.32. The highest BCUT2D eigenvalue weighted by atomic mass is 35.5. The molecule has 1 aromatic carbocycles. The molecule has 0 aliphatic carbocycles. The number of benzene rings is 1. The number of nitrogens with one attached hydrogen (secondary N) is 1. The Balaban J connectivity index is 1.42. The molecular weight excluding hydrogens is 433 g/mol. The molecule has 1 saturated heterocycles. The molecule has 1 aliphatic heterocycles. The molecule has 3 heterocycles. The largest absolute Gasteiger partial charge is 0.416 e. The average molecular weight is 451 g/mol. The number of hydrogen-bond donors (Lipinski definition) is 1. The molecule has 31 heavy (non-hydrogen) atoms. The summed E-state index contributed by atoms with van der Waals surface area (Å²) in [5.74, 6) is 0.445. The van der Waals surface area contributed by atoms with E-state index >= 15 is 0 Å². The molecule has 7 nitrogen and oxygen atoms in total. The Morgan fingerprint density at radius 3 is 2.48 bits per heavy atom. The number of rotatable bonds is 4. The van der Waals surface area contributed by atoms with Gasteiger partial charge in [-0.05, 0) is 38.1 Å². The zero-order chi connectivity index (χ0) is 22.3. The number of alkyl halides is 3. The zero-order valence-electron chi connectivity index (χ0n) is 16.6. The molecule has 1 amide bonds. The second kappa shape index (κ2) is 7.84. The van der Waals surface area contributed by atoms with E-state index in [1.54, 1.807) is 10.7 Å². The maximum atomic E-state index is 12.9. The van der Waals surface area contributed by atoms with Crippen molar-refractivity contribution in [1.82, 2.24) is 19.7 Å². The summed E-state index contributed by atoms with van der Waals surface area (Å²) in [6.45, 7) is 4.55. The van der Waals surface area contributed by atoms with Gasteiger partial charge >= 0.3 is 6.18 Å². The second-order valence-corrected chi connectivity index (χ2v) is 7.76. The minimum absolute atomic E-state index is 0.0443. The van der Waals surface area contributed by atoms with Crippen LogP contribution in [0.15, 0.2) is 36.7 Å². The first-order valence-corrected chi connectivity index (χ1v) is 9.78. The summed E-state index contributed by atoms with van der Waals surface area (Å²) < 4.78 is 40.4. The van der Waals surface area contributed by atoms with Crippen molar-refractivity contribution in [3.05, 3.63) is 58.6 Å². The van der Waals surface area contributed by atoms with Gasteiger partial charge in [0.05, 0.1) is 27.9 Å². The fourth-order valence-electron chi connectivity index (χ4n) is 3.35. The SMILES string of the molecule is Cc1cc(C)n(-c2cc(N3CC(C(=O)Nc4cc(C(F)(F)F)ccc4Cl)C3)ncn2)n1. The first kappa shape index (κ1) is 21.1. The van der Waals surface area contributed by atoms with Crippen LogP contribution < -0.4 is 10.2 Å². The summed E-state index contributed by atoms with van der Waals surface area (Å²) in [4.78, 5) is 22.9. The third-order valence-electron chi connectivity index (χ3n) is 4.99. The van der Waals surface area contributed by atoms with Gasteiger partial charge in [-0.3, -0.25) is 4.79 Å². The number of anilines is 2. The molecule has 3 aromatic rings. The zero-order valence-corrected chi connectivity index (χ0v) is 17.4. The van der Waals surface area contributed by atoms with E-state index in [0.717, 1.165) is 29.6 Å². The molecule has 1 N–H and O–H groups in total. The predicted molar refractivity (Wildman–Crippen MR) is 109 cm³/mol. The van der Waals surface area contributed by atoms with E-state index in [0.29, 0.717) is 24.7 Å². The summed E-state index contributed by atoms with van der Waals surface area (Å²) in [6, 6.07) is 6.54. The summed E-state index contributed by atoms with van der Waals surface area (Å²) in [5.41, 5.74) is 0.862. The molecule has 0 saturated carbocycles. The molecule has 0 atom stereocenters. The average Bonchev–Trinajstić information content (AvgIpc) is 3.00. The van der Waals surface area contributed by atoms with Gasteiger partial charge < -0.3 is 10.2 Å². The number of nitrogens with zero attached hydrogens (tertiary/aromatic N) is 5. The lowest BCUT2D eigenvalue weighted by atomic mass is 9.99. The van der Waals surface area contributed by atoms with Gasteiger partial charge in [-0.2, -0.15) is 18.3 Å². The van der Waals surface area contributed by atoms with E-state index in [1.165, 1.54) is 6.33 Å². The Labute approximate surface area is 180 Å². The molecule has 0 spiro atoms. The summed E-state index contributed by atoms with van der Waals surface area (Å²) >= 11 is 5.95. The van der Waals surface area contributed by atoms with Gasteiger partial charge in [-0.15, -0.1) is 0 Å². The fourth-order valence-corrected chi connectivity index (χ4v) is 3.52. The van der Waals surface area contributed by atoms with Crippen LogP contribution in [0.4, 0.5) is 24.7 Å². The van der Waals surface area contributed by atoms with Crippen molar-refractivity contribution >= 4 is 29.0 Å². The molecule has 4 rings (SSSR count). The fraction of sp³-hybridized carbons (Fsp3) is 0.300. The third kappa shape index (κ3) is 4.34. The Hall–Kier alpha value is -3.14. The molecular formula is C20H18ClF3N6O. The van der Waals surface area contributed by atoms with E-state index in [1.807, 2.05) is 24.8 Å². The van der Waals surface area contributed by atoms with Crippen molar-refractivity contribution in [3.63, 3.8) is 0 Å². The maximum absolute atomic E-state index is 12.9. The molecule has 11 heteroatoms. The molecule has 162 valence electrons. The first-order valence-electron chi connectivity index (χ1n) is 9.40. The Bertz CT molecular complexity index is 1140.